The summed E-state index contributed by atoms with van der Waals surface area (Å²) in [5, 5.41) is 0. The van der Waals surface area contributed by atoms with E-state index in [0.29, 0.717) is 11.6 Å². The van der Waals surface area contributed by atoms with Crippen molar-refractivity contribution < 1.29 is 0 Å². The Morgan fingerprint density at radius 3 is 2.00 bits per heavy atom. The molecule has 1 aliphatic heterocycles. The third-order valence-electron chi connectivity index (χ3n) is 3.21. The van der Waals surface area contributed by atoms with Crippen molar-refractivity contribution in [1.82, 2.24) is 4.90 Å². The van der Waals surface area contributed by atoms with Crippen molar-refractivity contribution in [2.24, 2.45) is 17.6 Å². The van der Waals surface area contributed by atoms with Crippen molar-refractivity contribution in [2.45, 2.75) is 32.4 Å². The lowest BCUT2D eigenvalue weighted by molar-refractivity contribution is 0.153. The number of nitrogens with zero attached hydrogens (tertiary/aromatic N) is 1. The van der Waals surface area contributed by atoms with Gasteiger partial charge in [-0.25, -0.2) is 0 Å². The van der Waals surface area contributed by atoms with Crippen LogP contribution in [0.4, 0.5) is 0 Å². The van der Waals surface area contributed by atoms with Gasteiger partial charge in [0.15, 0.2) is 0 Å². The largest absolute Gasteiger partial charge is 0.327 e. The molecular formula is C9H18N2. The normalized spacial score (nSPS) is 44.2. The van der Waals surface area contributed by atoms with Gasteiger partial charge in [-0.15, -0.1) is 0 Å². The second-order valence-electron chi connectivity index (χ2n) is 4.98. The number of nitrogens with two attached hydrogens (primary N) is 1. The Morgan fingerprint density at radius 1 is 1.18 bits per heavy atom. The van der Waals surface area contributed by atoms with E-state index in [1.54, 1.807) is 0 Å². The molecule has 2 rings (SSSR count). The van der Waals surface area contributed by atoms with Gasteiger partial charge in [-0.3, -0.25) is 4.90 Å². The van der Waals surface area contributed by atoms with Crippen LogP contribution in [0.15, 0.2) is 0 Å². The van der Waals surface area contributed by atoms with E-state index in [4.69, 9.17) is 5.73 Å². The molecule has 0 aromatic heterocycles. The van der Waals surface area contributed by atoms with Crippen LogP contribution in [0.3, 0.4) is 0 Å². The molecule has 1 saturated carbocycles. The zero-order valence-corrected chi connectivity index (χ0v) is 7.67. The second-order valence-corrected chi connectivity index (χ2v) is 4.98. The first-order chi connectivity index (χ1) is 5.00. The summed E-state index contributed by atoms with van der Waals surface area (Å²) in [7, 11) is 0. The lowest BCUT2D eigenvalue weighted by Gasteiger charge is -2.33. The van der Waals surface area contributed by atoms with Gasteiger partial charge in [0, 0.05) is 24.7 Å². The molecule has 1 unspecified atom stereocenters. The maximum Gasteiger partial charge on any atom is 0.0127 e. The zero-order chi connectivity index (χ0) is 8.22. The Kier molecular flexibility index (Phi) is 1.37. The summed E-state index contributed by atoms with van der Waals surface area (Å²) in [6.45, 7) is 9.31. The molecule has 2 aliphatic rings. The first-order valence-corrected chi connectivity index (χ1v) is 4.51. The highest BCUT2D eigenvalue weighted by molar-refractivity contribution is 5.10. The van der Waals surface area contributed by atoms with Gasteiger partial charge in [0.2, 0.25) is 0 Å². The summed E-state index contributed by atoms with van der Waals surface area (Å²) in [5.74, 6) is 1.66. The highest BCUT2D eigenvalue weighted by Gasteiger charge is 2.55. The molecule has 2 heteroatoms. The van der Waals surface area contributed by atoms with E-state index in [2.05, 4.69) is 25.7 Å². The molecule has 0 aromatic rings. The molecule has 1 saturated heterocycles. The van der Waals surface area contributed by atoms with Gasteiger partial charge in [0.05, 0.1) is 0 Å². The molecule has 1 aliphatic carbocycles. The minimum Gasteiger partial charge on any atom is -0.327 e. The Bertz CT molecular complexity index is 159. The van der Waals surface area contributed by atoms with Gasteiger partial charge in [-0.1, -0.05) is 0 Å². The van der Waals surface area contributed by atoms with Crippen molar-refractivity contribution in [1.29, 1.82) is 0 Å². The summed E-state index contributed by atoms with van der Waals surface area (Å²) in [6.07, 6.45) is 0. The van der Waals surface area contributed by atoms with Crippen LogP contribution in [0.5, 0.6) is 0 Å². The van der Waals surface area contributed by atoms with Crippen LogP contribution in [-0.2, 0) is 0 Å². The van der Waals surface area contributed by atoms with Crippen LogP contribution < -0.4 is 5.73 Å². The Labute approximate surface area is 68.7 Å². The Balaban J connectivity index is 1.95. The SMILES string of the molecule is CC(C)(C)N1CC2[C@H](N)[C@H]2C1. The molecule has 0 radical (unpaired) electrons. The van der Waals surface area contributed by atoms with Crippen LogP contribution in [0, 0.1) is 11.8 Å². The topological polar surface area (TPSA) is 29.3 Å². The first-order valence-electron chi connectivity index (χ1n) is 4.51. The molecule has 2 N–H and O–H groups in total. The molecule has 3 atom stereocenters. The van der Waals surface area contributed by atoms with Gasteiger partial charge < -0.3 is 5.73 Å². The molecular weight excluding hydrogens is 136 g/mol. The van der Waals surface area contributed by atoms with Crippen molar-refractivity contribution in [3.63, 3.8) is 0 Å². The summed E-state index contributed by atoms with van der Waals surface area (Å²) in [4.78, 5) is 2.55. The maximum atomic E-state index is 5.85. The smallest absolute Gasteiger partial charge is 0.0127 e. The summed E-state index contributed by atoms with van der Waals surface area (Å²) < 4.78 is 0. The molecule has 64 valence electrons. The van der Waals surface area contributed by atoms with E-state index < -0.39 is 0 Å². The number of hydrogen-bond acceptors (Lipinski definition) is 2. The van der Waals surface area contributed by atoms with Crippen LogP contribution >= 0.6 is 0 Å². The highest BCUT2D eigenvalue weighted by atomic mass is 15.2. The Morgan fingerprint density at radius 2 is 1.64 bits per heavy atom. The number of hydrogen-bond donors (Lipinski definition) is 1. The summed E-state index contributed by atoms with van der Waals surface area (Å²) in [6, 6.07) is 0.536. The molecule has 0 bridgehead atoms. The van der Waals surface area contributed by atoms with E-state index >= 15 is 0 Å². The predicted octanol–water partition coefficient (Wildman–Crippen LogP) is 0.674. The van der Waals surface area contributed by atoms with E-state index in [-0.39, 0.29) is 0 Å². The third-order valence-corrected chi connectivity index (χ3v) is 3.21. The van der Waals surface area contributed by atoms with Crippen molar-refractivity contribution in [3.8, 4) is 0 Å². The van der Waals surface area contributed by atoms with E-state index in [0.717, 1.165) is 11.8 Å². The second kappa shape index (κ2) is 1.99. The lowest BCUT2D eigenvalue weighted by atomic mass is 10.1. The zero-order valence-electron chi connectivity index (χ0n) is 7.67. The fourth-order valence-electron chi connectivity index (χ4n) is 2.12. The average Bonchev–Trinajstić information content (AvgIpc) is 2.39. The molecule has 2 fully saturated rings. The van der Waals surface area contributed by atoms with Crippen molar-refractivity contribution in [3.05, 3.63) is 0 Å². The number of likely N-dealkylation sites (tertiary alicyclic amines) is 1. The molecule has 0 aromatic carbocycles. The van der Waals surface area contributed by atoms with Crippen LogP contribution in [-0.4, -0.2) is 29.6 Å². The predicted molar refractivity (Wildman–Crippen MR) is 46.3 cm³/mol. The number of piperidine rings is 1. The van der Waals surface area contributed by atoms with Crippen molar-refractivity contribution in [2.75, 3.05) is 13.1 Å². The average molecular weight is 154 g/mol. The minimum atomic E-state index is 0.354. The standard InChI is InChI=1S/C9H18N2/c1-9(2,3)11-4-6-7(5-11)8(6)10/h6-8H,4-5,10H2,1-3H3/t6-,7?,8+/m0/s1. The lowest BCUT2D eigenvalue weighted by Crippen LogP contribution is -2.42. The van der Waals surface area contributed by atoms with Crippen molar-refractivity contribution >= 4 is 0 Å². The van der Waals surface area contributed by atoms with Gasteiger partial charge in [0.25, 0.3) is 0 Å². The molecule has 0 amide bonds. The molecule has 1 heterocycles. The Hall–Kier alpha value is -0.0800. The summed E-state index contributed by atoms with van der Waals surface area (Å²) >= 11 is 0. The fraction of sp³-hybridized carbons (Fsp3) is 1.00. The van der Waals surface area contributed by atoms with Crippen LogP contribution in [0.25, 0.3) is 0 Å². The van der Waals surface area contributed by atoms with Crippen LogP contribution in [0.2, 0.25) is 0 Å². The first kappa shape index (κ1) is 7.56. The molecule has 0 spiro atoms. The fourth-order valence-corrected chi connectivity index (χ4v) is 2.12. The minimum absolute atomic E-state index is 0.354. The van der Waals surface area contributed by atoms with Crippen LogP contribution in [0.1, 0.15) is 20.8 Å². The molecule has 2 nitrogen and oxygen atoms in total. The van der Waals surface area contributed by atoms with Gasteiger partial charge >= 0.3 is 0 Å². The maximum absolute atomic E-state index is 5.85. The number of fused-ring (bicyclic) bond motifs is 1. The highest BCUT2D eigenvalue weighted by Crippen LogP contribution is 2.45. The summed E-state index contributed by atoms with van der Waals surface area (Å²) in [5.41, 5.74) is 6.20. The quantitative estimate of drug-likeness (QED) is 0.556. The van der Waals surface area contributed by atoms with Gasteiger partial charge in [-0.2, -0.15) is 0 Å². The molecule has 11 heavy (non-hydrogen) atoms. The monoisotopic (exact) mass is 154 g/mol. The van der Waals surface area contributed by atoms with Gasteiger partial charge in [0.1, 0.15) is 0 Å². The van der Waals surface area contributed by atoms with E-state index in [1.807, 2.05) is 0 Å². The van der Waals surface area contributed by atoms with Gasteiger partial charge in [-0.05, 0) is 32.6 Å². The third kappa shape index (κ3) is 1.09. The number of rotatable bonds is 0. The van der Waals surface area contributed by atoms with E-state index in [9.17, 15) is 0 Å². The van der Waals surface area contributed by atoms with E-state index in [1.165, 1.54) is 13.1 Å².